The van der Waals surface area contributed by atoms with E-state index in [0.29, 0.717) is 6.42 Å². The van der Waals surface area contributed by atoms with Crippen LogP contribution in [0, 0.1) is 11.3 Å². The first-order valence-corrected chi connectivity index (χ1v) is 9.36. The van der Waals surface area contributed by atoms with Gasteiger partial charge in [0.15, 0.2) is 5.41 Å². The van der Waals surface area contributed by atoms with Gasteiger partial charge in [0.25, 0.3) is 0 Å². The van der Waals surface area contributed by atoms with Gasteiger partial charge < -0.3 is 9.47 Å². The summed E-state index contributed by atoms with van der Waals surface area (Å²) in [4.78, 5) is 26.5. The molecule has 1 saturated carbocycles. The minimum atomic E-state index is -1.33. The van der Waals surface area contributed by atoms with E-state index in [2.05, 4.69) is 30.3 Å². The number of methoxy groups -OCH3 is 2. The molecule has 0 aliphatic heterocycles. The maximum Gasteiger partial charge on any atom is 0.324 e. The molecule has 3 unspecified atom stereocenters. The van der Waals surface area contributed by atoms with Gasteiger partial charge in [0.05, 0.1) is 14.2 Å². The van der Waals surface area contributed by atoms with Gasteiger partial charge in [-0.2, -0.15) is 0 Å². The van der Waals surface area contributed by atoms with E-state index >= 15 is 0 Å². The maximum atomic E-state index is 13.2. The number of fused-ring (bicyclic) bond motifs is 2. The molecule has 0 bridgehead atoms. The largest absolute Gasteiger partial charge is 0.468 e. The highest BCUT2D eigenvalue weighted by Crippen LogP contribution is 2.81. The summed E-state index contributed by atoms with van der Waals surface area (Å²) in [5, 5.41) is 0. The topological polar surface area (TPSA) is 52.6 Å². The molecule has 3 atom stereocenters. The fraction of sp³-hybridized carbons (Fsp3) is 0.391. The zero-order chi connectivity index (χ0) is 19.0. The summed E-state index contributed by atoms with van der Waals surface area (Å²) in [6.45, 7) is 2.01. The van der Waals surface area contributed by atoms with Crippen LogP contribution in [-0.2, 0) is 42.7 Å². The summed E-state index contributed by atoms with van der Waals surface area (Å²) in [6.07, 6.45) is 1.48. The Hall–Kier alpha value is -2.62. The van der Waals surface area contributed by atoms with Crippen molar-refractivity contribution < 1.29 is 19.1 Å². The Balaban J connectivity index is 1.89. The molecule has 0 amide bonds. The van der Waals surface area contributed by atoms with Crippen LogP contribution in [-0.4, -0.2) is 26.2 Å². The summed E-state index contributed by atoms with van der Waals surface area (Å²) in [5.41, 5.74) is 2.52. The first-order chi connectivity index (χ1) is 13.0. The van der Waals surface area contributed by atoms with Gasteiger partial charge in [-0.25, -0.2) is 0 Å². The summed E-state index contributed by atoms with van der Waals surface area (Å²) in [6, 6.07) is 16.6. The highest BCUT2D eigenvalue weighted by Gasteiger charge is 2.89. The van der Waals surface area contributed by atoms with Crippen LogP contribution in [0.15, 0.2) is 48.5 Å². The third-order valence-electron chi connectivity index (χ3n) is 7.74. The summed E-state index contributed by atoms with van der Waals surface area (Å²) in [5.74, 6) is -1.19. The molecule has 0 saturated heterocycles. The van der Waals surface area contributed by atoms with Crippen LogP contribution in [0.1, 0.15) is 29.2 Å². The summed E-state index contributed by atoms with van der Waals surface area (Å²) >= 11 is 0. The normalized spacial score (nSPS) is 31.0. The molecule has 138 valence electrons. The lowest BCUT2D eigenvalue weighted by molar-refractivity contribution is -0.214. The molecule has 0 radical (unpaired) electrons. The SMILES string of the molecule is COC(=O)C1(C(=O)OC)C(C)C23Cc4ccccc4C12Cc1ccccc13. The Morgan fingerprint density at radius 1 is 0.852 bits per heavy atom. The smallest absolute Gasteiger partial charge is 0.324 e. The Morgan fingerprint density at radius 3 is 1.96 bits per heavy atom. The molecule has 5 rings (SSSR count). The zero-order valence-corrected chi connectivity index (χ0v) is 15.7. The number of carbonyl (C=O) groups excluding carboxylic acids is 2. The Kier molecular flexibility index (Phi) is 3.07. The number of carbonyl (C=O) groups is 2. The number of rotatable bonds is 2. The average Bonchev–Trinajstić information content (AvgIpc) is 3.11. The number of hydrogen-bond acceptors (Lipinski definition) is 4. The fourth-order valence-electron chi connectivity index (χ4n) is 6.98. The first kappa shape index (κ1) is 16.5. The predicted molar refractivity (Wildman–Crippen MR) is 99.3 cm³/mol. The zero-order valence-electron chi connectivity index (χ0n) is 15.7. The van der Waals surface area contributed by atoms with E-state index in [1.54, 1.807) is 0 Å². The molecular formula is C23H22O4. The molecule has 0 aromatic heterocycles. The van der Waals surface area contributed by atoms with Crippen molar-refractivity contribution in [2.24, 2.45) is 11.3 Å². The van der Waals surface area contributed by atoms with Crippen LogP contribution in [0.3, 0.4) is 0 Å². The second-order valence-electron chi connectivity index (χ2n) is 8.06. The van der Waals surface area contributed by atoms with Gasteiger partial charge in [0.1, 0.15) is 0 Å². The average molecular weight is 362 g/mol. The van der Waals surface area contributed by atoms with E-state index in [4.69, 9.17) is 9.47 Å². The number of hydrogen-bond donors (Lipinski definition) is 0. The lowest BCUT2D eigenvalue weighted by Gasteiger charge is -2.67. The lowest BCUT2D eigenvalue weighted by Crippen LogP contribution is -2.79. The van der Waals surface area contributed by atoms with Crippen molar-refractivity contribution in [3.63, 3.8) is 0 Å². The molecule has 3 aliphatic rings. The van der Waals surface area contributed by atoms with Crippen molar-refractivity contribution in [3.05, 3.63) is 70.8 Å². The molecule has 3 aliphatic carbocycles. The van der Waals surface area contributed by atoms with Crippen molar-refractivity contribution in [1.82, 2.24) is 0 Å². The van der Waals surface area contributed by atoms with E-state index in [1.165, 1.54) is 30.9 Å². The fourth-order valence-corrected chi connectivity index (χ4v) is 6.98. The van der Waals surface area contributed by atoms with E-state index in [0.717, 1.165) is 12.0 Å². The number of benzene rings is 2. The van der Waals surface area contributed by atoms with Crippen molar-refractivity contribution >= 4 is 11.9 Å². The minimum absolute atomic E-state index is 0.221. The molecular weight excluding hydrogens is 340 g/mol. The maximum absolute atomic E-state index is 13.2. The Morgan fingerprint density at radius 2 is 1.37 bits per heavy atom. The van der Waals surface area contributed by atoms with E-state index in [-0.39, 0.29) is 11.3 Å². The predicted octanol–water partition coefficient (Wildman–Crippen LogP) is 2.96. The van der Waals surface area contributed by atoms with Gasteiger partial charge in [-0.1, -0.05) is 55.5 Å². The van der Waals surface area contributed by atoms with Gasteiger partial charge in [-0.05, 0) is 41.0 Å². The molecule has 0 heterocycles. The van der Waals surface area contributed by atoms with Crippen molar-refractivity contribution in [1.29, 1.82) is 0 Å². The third kappa shape index (κ3) is 1.40. The standard InChI is InChI=1S/C23H22O4/c1-14-21-12-15-8-5-7-11-18(15)22(21,13-16-9-4-6-10-17(16)21)23(14,19(24)26-2)20(25)27-3/h4-11,14H,12-13H2,1-3H3. The van der Waals surface area contributed by atoms with Gasteiger partial charge >= 0.3 is 11.9 Å². The molecule has 2 aromatic rings. The lowest BCUT2D eigenvalue weighted by atomic mass is 9.31. The van der Waals surface area contributed by atoms with Crippen LogP contribution in [0.5, 0.6) is 0 Å². The van der Waals surface area contributed by atoms with E-state index < -0.39 is 22.8 Å². The van der Waals surface area contributed by atoms with Crippen molar-refractivity contribution in [3.8, 4) is 0 Å². The molecule has 27 heavy (non-hydrogen) atoms. The highest BCUT2D eigenvalue weighted by atomic mass is 16.5. The number of ether oxygens (including phenoxy) is 2. The monoisotopic (exact) mass is 362 g/mol. The van der Waals surface area contributed by atoms with Gasteiger partial charge in [0.2, 0.25) is 0 Å². The minimum Gasteiger partial charge on any atom is -0.468 e. The quantitative estimate of drug-likeness (QED) is 0.609. The van der Waals surface area contributed by atoms with Gasteiger partial charge in [-0.3, -0.25) is 9.59 Å². The van der Waals surface area contributed by atoms with Crippen LogP contribution in [0.25, 0.3) is 0 Å². The van der Waals surface area contributed by atoms with Gasteiger partial charge in [0, 0.05) is 10.8 Å². The molecule has 0 spiro atoms. The number of esters is 2. The summed E-state index contributed by atoms with van der Waals surface area (Å²) in [7, 11) is 2.72. The Bertz CT molecular complexity index is 977. The van der Waals surface area contributed by atoms with Crippen molar-refractivity contribution in [2.45, 2.75) is 30.6 Å². The first-order valence-electron chi connectivity index (χ1n) is 9.36. The van der Waals surface area contributed by atoms with E-state index in [9.17, 15) is 9.59 Å². The van der Waals surface area contributed by atoms with Crippen LogP contribution in [0.2, 0.25) is 0 Å². The molecule has 0 N–H and O–H groups in total. The van der Waals surface area contributed by atoms with Crippen molar-refractivity contribution in [2.75, 3.05) is 14.2 Å². The van der Waals surface area contributed by atoms with Crippen LogP contribution in [0.4, 0.5) is 0 Å². The van der Waals surface area contributed by atoms with Gasteiger partial charge in [-0.15, -0.1) is 0 Å². The Labute approximate surface area is 158 Å². The molecule has 2 aromatic carbocycles. The third-order valence-corrected chi connectivity index (χ3v) is 7.74. The van der Waals surface area contributed by atoms with E-state index in [1.807, 2.05) is 25.1 Å². The second-order valence-corrected chi connectivity index (χ2v) is 8.06. The second kappa shape index (κ2) is 5.00. The molecule has 1 fully saturated rings. The summed E-state index contributed by atoms with van der Waals surface area (Å²) < 4.78 is 10.5. The molecule has 4 nitrogen and oxygen atoms in total. The van der Waals surface area contributed by atoms with Crippen LogP contribution < -0.4 is 0 Å². The van der Waals surface area contributed by atoms with Crippen LogP contribution >= 0.6 is 0 Å². The molecule has 4 heteroatoms. The highest BCUT2D eigenvalue weighted by molar-refractivity contribution is 6.06.